The van der Waals surface area contributed by atoms with E-state index in [9.17, 15) is 0 Å². The Morgan fingerprint density at radius 3 is 1.05 bits per heavy atom. The third kappa shape index (κ3) is 19.9. The second kappa shape index (κ2) is 16.3. The summed E-state index contributed by atoms with van der Waals surface area (Å²) >= 11 is 0. The summed E-state index contributed by atoms with van der Waals surface area (Å²) in [6.45, 7) is 4.63. The van der Waals surface area contributed by atoms with Crippen molar-refractivity contribution in [3.8, 4) is 0 Å². The Hall–Kier alpha value is -0.0800. The minimum Gasteiger partial charge on any atom is -0.368 e. The first-order chi connectivity index (χ1) is 10.1. The predicted molar refractivity (Wildman–Crippen MR) is 92.3 cm³/mol. The lowest BCUT2D eigenvalue weighted by atomic mass is 10.0. The van der Waals surface area contributed by atoms with Gasteiger partial charge in [-0.1, -0.05) is 97.3 Å². The van der Waals surface area contributed by atoms with Crippen LogP contribution in [0.15, 0.2) is 0 Å². The van der Waals surface area contributed by atoms with Crippen LogP contribution in [0.25, 0.3) is 0 Å². The van der Waals surface area contributed by atoms with Gasteiger partial charge in [0, 0.05) is 0 Å². The van der Waals surface area contributed by atoms with E-state index in [2.05, 4.69) is 13.8 Å². The lowest BCUT2D eigenvalue weighted by Gasteiger charge is -2.05. The Morgan fingerprint density at radius 2 is 0.762 bits per heavy atom. The van der Waals surface area contributed by atoms with Crippen LogP contribution in [-0.4, -0.2) is 16.5 Å². The first kappa shape index (κ1) is 20.9. The maximum Gasteiger partial charge on any atom is 0.151 e. The number of aliphatic hydroxyl groups excluding tert-OH is 1. The minimum atomic E-state index is -1.10. The first-order valence-corrected chi connectivity index (χ1v) is 9.49. The SMILES string of the molecule is CC(C)CCCCCCCCCCCCCCCC(O)O. The molecule has 0 saturated carbocycles. The zero-order chi connectivity index (χ0) is 15.8. The third-order valence-corrected chi connectivity index (χ3v) is 4.24. The van der Waals surface area contributed by atoms with E-state index in [1.54, 1.807) is 0 Å². The highest BCUT2D eigenvalue weighted by Gasteiger charge is 1.97. The summed E-state index contributed by atoms with van der Waals surface area (Å²) in [5.74, 6) is 0.874. The van der Waals surface area contributed by atoms with E-state index >= 15 is 0 Å². The van der Waals surface area contributed by atoms with Crippen molar-refractivity contribution in [2.24, 2.45) is 5.92 Å². The average molecular weight is 301 g/mol. The van der Waals surface area contributed by atoms with Crippen molar-refractivity contribution < 1.29 is 10.2 Å². The molecule has 0 bridgehead atoms. The van der Waals surface area contributed by atoms with E-state index in [-0.39, 0.29) is 0 Å². The van der Waals surface area contributed by atoms with Crippen LogP contribution in [0.3, 0.4) is 0 Å². The fourth-order valence-electron chi connectivity index (χ4n) is 2.82. The smallest absolute Gasteiger partial charge is 0.151 e. The van der Waals surface area contributed by atoms with Gasteiger partial charge in [0.15, 0.2) is 6.29 Å². The van der Waals surface area contributed by atoms with Crippen molar-refractivity contribution >= 4 is 0 Å². The monoisotopic (exact) mass is 300 g/mol. The van der Waals surface area contributed by atoms with Gasteiger partial charge in [0.25, 0.3) is 0 Å². The van der Waals surface area contributed by atoms with Gasteiger partial charge in [-0.05, 0) is 18.8 Å². The highest BCUT2D eigenvalue weighted by Crippen LogP contribution is 2.14. The molecular weight excluding hydrogens is 260 g/mol. The molecule has 0 aliphatic rings. The molecule has 0 radical (unpaired) electrons. The Bertz CT molecular complexity index is 170. The Kier molecular flexibility index (Phi) is 16.2. The summed E-state index contributed by atoms with van der Waals surface area (Å²) in [4.78, 5) is 0. The van der Waals surface area contributed by atoms with Gasteiger partial charge >= 0.3 is 0 Å². The van der Waals surface area contributed by atoms with Crippen LogP contribution < -0.4 is 0 Å². The molecule has 2 heteroatoms. The second-order valence-corrected chi connectivity index (χ2v) is 7.05. The van der Waals surface area contributed by atoms with Crippen LogP contribution in [0.2, 0.25) is 0 Å². The van der Waals surface area contributed by atoms with Crippen LogP contribution >= 0.6 is 0 Å². The van der Waals surface area contributed by atoms with Crippen molar-refractivity contribution in [3.63, 3.8) is 0 Å². The van der Waals surface area contributed by atoms with Crippen LogP contribution in [0.1, 0.15) is 110 Å². The number of rotatable bonds is 16. The zero-order valence-electron chi connectivity index (χ0n) is 14.7. The molecule has 128 valence electrons. The van der Waals surface area contributed by atoms with E-state index in [4.69, 9.17) is 10.2 Å². The molecule has 0 fully saturated rings. The van der Waals surface area contributed by atoms with Gasteiger partial charge in [0.1, 0.15) is 0 Å². The van der Waals surface area contributed by atoms with Crippen LogP contribution in [0.5, 0.6) is 0 Å². The lowest BCUT2D eigenvalue weighted by Crippen LogP contribution is -2.02. The van der Waals surface area contributed by atoms with Crippen LogP contribution in [-0.2, 0) is 0 Å². The molecule has 0 heterocycles. The molecule has 2 N–H and O–H groups in total. The van der Waals surface area contributed by atoms with Gasteiger partial charge in [0.05, 0.1) is 0 Å². The van der Waals surface area contributed by atoms with Gasteiger partial charge in [-0.2, -0.15) is 0 Å². The van der Waals surface area contributed by atoms with Crippen molar-refractivity contribution in [2.45, 2.75) is 116 Å². The Balaban J connectivity index is 2.96. The number of hydrogen-bond donors (Lipinski definition) is 2. The van der Waals surface area contributed by atoms with Crippen LogP contribution in [0.4, 0.5) is 0 Å². The summed E-state index contributed by atoms with van der Waals surface area (Å²) in [7, 11) is 0. The first-order valence-electron chi connectivity index (χ1n) is 9.49. The molecule has 0 saturated heterocycles. The quantitative estimate of drug-likeness (QED) is 0.279. The standard InChI is InChI=1S/C19H40O2/c1-18(2)16-14-12-10-8-6-4-3-5-7-9-11-13-15-17-19(20)21/h18-21H,3-17H2,1-2H3. The summed E-state index contributed by atoms with van der Waals surface area (Å²) in [6.07, 6.45) is 18.2. The molecule has 0 aliphatic heterocycles. The fraction of sp³-hybridized carbons (Fsp3) is 1.00. The lowest BCUT2D eigenvalue weighted by molar-refractivity contribution is -0.0466. The second-order valence-electron chi connectivity index (χ2n) is 7.05. The van der Waals surface area contributed by atoms with Crippen molar-refractivity contribution in [2.75, 3.05) is 0 Å². The summed E-state index contributed by atoms with van der Waals surface area (Å²) in [5.41, 5.74) is 0. The number of aliphatic hydroxyl groups is 2. The van der Waals surface area contributed by atoms with Crippen molar-refractivity contribution in [1.82, 2.24) is 0 Å². The predicted octanol–water partition coefficient (Wildman–Crippen LogP) is 5.80. The maximum atomic E-state index is 8.72. The normalized spacial score (nSPS) is 11.7. The molecule has 0 amide bonds. The molecule has 2 nitrogen and oxygen atoms in total. The number of hydrogen-bond acceptors (Lipinski definition) is 2. The van der Waals surface area contributed by atoms with Crippen LogP contribution in [0, 0.1) is 5.92 Å². The van der Waals surface area contributed by atoms with Gasteiger partial charge in [-0.3, -0.25) is 0 Å². The van der Waals surface area contributed by atoms with Crippen molar-refractivity contribution in [1.29, 1.82) is 0 Å². The third-order valence-electron chi connectivity index (χ3n) is 4.24. The molecule has 0 aromatic carbocycles. The molecule has 0 aliphatic carbocycles. The Morgan fingerprint density at radius 1 is 0.476 bits per heavy atom. The molecule has 0 aromatic heterocycles. The summed E-state index contributed by atoms with van der Waals surface area (Å²) in [5, 5.41) is 17.4. The van der Waals surface area contributed by atoms with Gasteiger partial charge < -0.3 is 10.2 Å². The molecule has 0 spiro atoms. The zero-order valence-corrected chi connectivity index (χ0v) is 14.7. The molecular formula is C19H40O2. The Labute approximate surface area is 133 Å². The minimum absolute atomic E-state index is 0.539. The van der Waals surface area contributed by atoms with Gasteiger partial charge in [0.2, 0.25) is 0 Å². The number of unbranched alkanes of at least 4 members (excludes halogenated alkanes) is 12. The van der Waals surface area contributed by atoms with E-state index in [1.165, 1.54) is 77.0 Å². The molecule has 0 unspecified atom stereocenters. The summed E-state index contributed by atoms with van der Waals surface area (Å²) in [6, 6.07) is 0. The fourth-order valence-corrected chi connectivity index (χ4v) is 2.82. The van der Waals surface area contributed by atoms with Gasteiger partial charge in [-0.25, -0.2) is 0 Å². The van der Waals surface area contributed by atoms with Crippen molar-refractivity contribution in [3.05, 3.63) is 0 Å². The maximum absolute atomic E-state index is 8.72. The average Bonchev–Trinajstić information content (AvgIpc) is 2.42. The highest BCUT2D eigenvalue weighted by molar-refractivity contribution is 4.51. The van der Waals surface area contributed by atoms with E-state index < -0.39 is 6.29 Å². The topological polar surface area (TPSA) is 40.5 Å². The molecule has 0 rings (SSSR count). The molecule has 21 heavy (non-hydrogen) atoms. The highest BCUT2D eigenvalue weighted by atomic mass is 16.5. The molecule has 0 atom stereocenters. The van der Waals surface area contributed by atoms with E-state index in [0.717, 1.165) is 18.8 Å². The van der Waals surface area contributed by atoms with Gasteiger partial charge in [-0.15, -0.1) is 0 Å². The summed E-state index contributed by atoms with van der Waals surface area (Å²) < 4.78 is 0. The molecule has 0 aromatic rings. The van der Waals surface area contributed by atoms with E-state index in [0.29, 0.717) is 6.42 Å². The largest absolute Gasteiger partial charge is 0.368 e. The van der Waals surface area contributed by atoms with E-state index in [1.807, 2.05) is 0 Å².